The molecule has 2 aromatic carbocycles. The Morgan fingerprint density at radius 2 is 1.79 bits per heavy atom. The standard InChI is InChI=1S/C29H33N3O2/c1-21-10-11-27(29(33)32-17-14-23-7-3-4-8-25(23)20-32)28(30-21)24-12-15-31(16-13-24)19-22-6-5-9-26(18-22)34-2/h3-11,18,24H,12-17,19-20H2,1-2H3. The van der Waals surface area contributed by atoms with E-state index in [2.05, 4.69) is 47.4 Å². The average Bonchev–Trinajstić information content (AvgIpc) is 2.88. The maximum Gasteiger partial charge on any atom is 0.256 e. The third-order valence-corrected chi connectivity index (χ3v) is 7.23. The number of aromatic nitrogens is 1. The highest BCUT2D eigenvalue weighted by molar-refractivity contribution is 5.95. The minimum absolute atomic E-state index is 0.121. The van der Waals surface area contributed by atoms with E-state index in [0.717, 1.165) is 68.1 Å². The molecule has 1 amide bonds. The van der Waals surface area contributed by atoms with Gasteiger partial charge in [-0.3, -0.25) is 14.7 Å². The Morgan fingerprint density at radius 3 is 2.59 bits per heavy atom. The van der Waals surface area contributed by atoms with E-state index in [1.54, 1.807) is 7.11 Å². The van der Waals surface area contributed by atoms with Gasteiger partial charge in [0.25, 0.3) is 5.91 Å². The van der Waals surface area contributed by atoms with Crippen molar-refractivity contribution in [1.29, 1.82) is 0 Å². The predicted molar refractivity (Wildman–Crippen MR) is 134 cm³/mol. The summed E-state index contributed by atoms with van der Waals surface area (Å²) in [7, 11) is 1.71. The lowest BCUT2D eigenvalue weighted by atomic mass is 9.89. The second-order valence-electron chi connectivity index (χ2n) is 9.53. The van der Waals surface area contributed by atoms with Gasteiger partial charge in [-0.15, -0.1) is 0 Å². The monoisotopic (exact) mass is 455 g/mol. The fourth-order valence-corrected chi connectivity index (χ4v) is 5.30. The van der Waals surface area contributed by atoms with Crippen LogP contribution in [0.5, 0.6) is 5.75 Å². The lowest BCUT2D eigenvalue weighted by Crippen LogP contribution is -2.37. The second kappa shape index (κ2) is 9.98. The number of likely N-dealkylation sites (tertiary alicyclic amines) is 1. The Kier molecular flexibility index (Phi) is 6.63. The van der Waals surface area contributed by atoms with Crippen LogP contribution < -0.4 is 4.74 Å². The van der Waals surface area contributed by atoms with Crippen molar-refractivity contribution < 1.29 is 9.53 Å². The molecule has 3 aromatic rings. The number of hydrogen-bond acceptors (Lipinski definition) is 4. The smallest absolute Gasteiger partial charge is 0.256 e. The van der Waals surface area contributed by atoms with Gasteiger partial charge >= 0.3 is 0 Å². The molecule has 0 radical (unpaired) electrons. The molecule has 0 atom stereocenters. The third-order valence-electron chi connectivity index (χ3n) is 7.23. The number of rotatable bonds is 5. The molecule has 34 heavy (non-hydrogen) atoms. The molecule has 5 nitrogen and oxygen atoms in total. The summed E-state index contributed by atoms with van der Waals surface area (Å²) in [6.07, 6.45) is 2.95. The van der Waals surface area contributed by atoms with Gasteiger partial charge in [0, 0.05) is 31.2 Å². The van der Waals surface area contributed by atoms with E-state index < -0.39 is 0 Å². The van der Waals surface area contributed by atoms with Gasteiger partial charge in [0.15, 0.2) is 0 Å². The van der Waals surface area contributed by atoms with E-state index in [-0.39, 0.29) is 5.91 Å². The largest absolute Gasteiger partial charge is 0.497 e. The average molecular weight is 456 g/mol. The van der Waals surface area contributed by atoms with Crippen molar-refractivity contribution in [2.24, 2.45) is 0 Å². The van der Waals surface area contributed by atoms with Crippen LogP contribution in [0.2, 0.25) is 0 Å². The van der Waals surface area contributed by atoms with Crippen LogP contribution in [0.4, 0.5) is 0 Å². The zero-order chi connectivity index (χ0) is 23.5. The molecule has 5 heteroatoms. The van der Waals surface area contributed by atoms with E-state index in [1.165, 1.54) is 16.7 Å². The summed E-state index contributed by atoms with van der Waals surface area (Å²) in [6, 6.07) is 20.7. The predicted octanol–water partition coefficient (Wildman–Crippen LogP) is 4.98. The first-order chi connectivity index (χ1) is 16.6. The summed E-state index contributed by atoms with van der Waals surface area (Å²) in [5.41, 5.74) is 6.65. The van der Waals surface area contributed by atoms with E-state index in [0.29, 0.717) is 12.5 Å². The molecule has 1 aromatic heterocycles. The highest BCUT2D eigenvalue weighted by Crippen LogP contribution is 2.31. The zero-order valence-electron chi connectivity index (χ0n) is 20.2. The van der Waals surface area contributed by atoms with Gasteiger partial charge in [-0.25, -0.2) is 0 Å². The van der Waals surface area contributed by atoms with Crippen molar-refractivity contribution in [1.82, 2.24) is 14.8 Å². The molecule has 2 aliphatic rings. The van der Waals surface area contributed by atoms with Gasteiger partial charge in [-0.05, 0) is 80.2 Å². The molecule has 2 aliphatic heterocycles. The third kappa shape index (κ3) is 4.85. The van der Waals surface area contributed by atoms with Crippen molar-refractivity contribution in [3.63, 3.8) is 0 Å². The Morgan fingerprint density at radius 1 is 1.00 bits per heavy atom. The van der Waals surface area contributed by atoms with Gasteiger partial charge in [0.1, 0.15) is 5.75 Å². The molecular weight excluding hydrogens is 422 g/mol. The lowest BCUT2D eigenvalue weighted by molar-refractivity contribution is 0.0731. The molecule has 5 rings (SSSR count). The van der Waals surface area contributed by atoms with Crippen LogP contribution in [0.1, 0.15) is 57.2 Å². The quantitative estimate of drug-likeness (QED) is 0.545. The molecule has 176 valence electrons. The number of pyridine rings is 1. The van der Waals surface area contributed by atoms with E-state index in [1.807, 2.05) is 30.0 Å². The van der Waals surface area contributed by atoms with Crippen molar-refractivity contribution in [3.8, 4) is 5.75 Å². The number of carbonyl (C=O) groups is 1. The lowest BCUT2D eigenvalue weighted by Gasteiger charge is -2.33. The van der Waals surface area contributed by atoms with Crippen molar-refractivity contribution in [2.75, 3.05) is 26.7 Å². The number of benzene rings is 2. The van der Waals surface area contributed by atoms with Crippen molar-refractivity contribution >= 4 is 5.91 Å². The molecule has 0 aliphatic carbocycles. The number of hydrogen-bond donors (Lipinski definition) is 0. The highest BCUT2D eigenvalue weighted by atomic mass is 16.5. The molecule has 0 spiro atoms. The highest BCUT2D eigenvalue weighted by Gasteiger charge is 2.29. The van der Waals surface area contributed by atoms with Crippen LogP contribution in [-0.4, -0.2) is 47.4 Å². The van der Waals surface area contributed by atoms with Gasteiger partial charge < -0.3 is 9.64 Å². The Balaban J connectivity index is 1.28. The summed E-state index contributed by atoms with van der Waals surface area (Å²) in [5.74, 6) is 1.34. The summed E-state index contributed by atoms with van der Waals surface area (Å²) in [5, 5.41) is 0. The molecule has 0 N–H and O–H groups in total. The van der Waals surface area contributed by atoms with Gasteiger partial charge in [0.05, 0.1) is 18.4 Å². The summed E-state index contributed by atoms with van der Waals surface area (Å²) in [6.45, 7) is 6.39. The molecule has 1 saturated heterocycles. The first-order valence-electron chi connectivity index (χ1n) is 12.3. The maximum absolute atomic E-state index is 13.6. The number of aryl methyl sites for hydroxylation is 1. The SMILES string of the molecule is COc1cccc(CN2CCC(c3nc(C)ccc3C(=O)N3CCc4ccccc4C3)CC2)c1. The van der Waals surface area contributed by atoms with Crippen LogP contribution in [0.3, 0.4) is 0 Å². The number of amides is 1. The van der Waals surface area contributed by atoms with Crippen molar-refractivity contribution in [2.45, 2.75) is 45.2 Å². The zero-order valence-corrected chi connectivity index (χ0v) is 20.2. The first kappa shape index (κ1) is 22.6. The molecule has 3 heterocycles. The van der Waals surface area contributed by atoms with Crippen LogP contribution in [0.15, 0.2) is 60.7 Å². The Bertz CT molecular complexity index is 1170. The topological polar surface area (TPSA) is 45.7 Å². The number of ether oxygens (including phenoxy) is 1. The van der Waals surface area contributed by atoms with Crippen LogP contribution in [0, 0.1) is 6.92 Å². The Labute approximate surface area is 202 Å². The van der Waals surface area contributed by atoms with Crippen molar-refractivity contribution in [3.05, 3.63) is 94.3 Å². The first-order valence-corrected chi connectivity index (χ1v) is 12.3. The van der Waals surface area contributed by atoms with Gasteiger partial charge in [0.2, 0.25) is 0 Å². The molecule has 1 fully saturated rings. The number of piperidine rings is 1. The number of carbonyl (C=O) groups excluding carboxylic acids is 1. The number of methoxy groups -OCH3 is 1. The van der Waals surface area contributed by atoms with E-state index >= 15 is 0 Å². The second-order valence-corrected chi connectivity index (χ2v) is 9.53. The normalized spacial score (nSPS) is 16.8. The van der Waals surface area contributed by atoms with Crippen LogP contribution in [0.25, 0.3) is 0 Å². The van der Waals surface area contributed by atoms with Gasteiger partial charge in [-0.2, -0.15) is 0 Å². The molecular formula is C29H33N3O2. The molecule has 0 saturated carbocycles. The van der Waals surface area contributed by atoms with Crippen LogP contribution in [-0.2, 0) is 19.5 Å². The minimum Gasteiger partial charge on any atom is -0.497 e. The van der Waals surface area contributed by atoms with Crippen LogP contribution >= 0.6 is 0 Å². The van der Waals surface area contributed by atoms with Gasteiger partial charge in [-0.1, -0.05) is 36.4 Å². The fraction of sp³-hybridized carbons (Fsp3) is 0.379. The maximum atomic E-state index is 13.6. The summed E-state index contributed by atoms with van der Waals surface area (Å²) >= 11 is 0. The fourth-order valence-electron chi connectivity index (χ4n) is 5.30. The van der Waals surface area contributed by atoms with E-state index in [9.17, 15) is 4.79 Å². The number of nitrogens with zero attached hydrogens (tertiary/aromatic N) is 3. The summed E-state index contributed by atoms with van der Waals surface area (Å²) < 4.78 is 5.37. The molecule has 0 bridgehead atoms. The van der Waals surface area contributed by atoms with E-state index in [4.69, 9.17) is 9.72 Å². The molecule has 0 unspecified atom stereocenters. The number of fused-ring (bicyclic) bond motifs is 1. The minimum atomic E-state index is 0.121. The summed E-state index contributed by atoms with van der Waals surface area (Å²) in [4.78, 5) is 23.0. The Hall–Kier alpha value is -3.18.